The monoisotopic (exact) mass is 399 g/mol. The van der Waals surface area contributed by atoms with Crippen LogP contribution in [0.2, 0.25) is 0 Å². The van der Waals surface area contributed by atoms with Crippen molar-refractivity contribution in [1.29, 1.82) is 0 Å². The Bertz CT molecular complexity index is 1200. The van der Waals surface area contributed by atoms with Crippen LogP contribution in [0.1, 0.15) is 9.67 Å². The number of nitro groups is 1. The highest BCUT2D eigenvalue weighted by Gasteiger charge is 2.16. The summed E-state index contributed by atoms with van der Waals surface area (Å²) < 4.78 is 7.21. The van der Waals surface area contributed by atoms with Crippen LogP contribution in [-0.4, -0.2) is 30.0 Å². The maximum Gasteiger partial charge on any atom is 0.353 e. The highest BCUT2D eigenvalue weighted by atomic mass is 32.1. The summed E-state index contributed by atoms with van der Waals surface area (Å²) in [4.78, 5) is 29.7. The summed E-state index contributed by atoms with van der Waals surface area (Å²) in [5, 5.41) is 12.4. The molecule has 0 spiro atoms. The molecule has 0 aliphatic heterocycles. The Morgan fingerprint density at radius 3 is 2.67 bits per heavy atom. The first kappa shape index (κ1) is 17.4. The van der Waals surface area contributed by atoms with Crippen LogP contribution in [0.3, 0.4) is 0 Å². The Hall–Kier alpha value is -3.04. The van der Waals surface area contributed by atoms with E-state index in [1.807, 2.05) is 25.1 Å². The number of benzene rings is 2. The zero-order chi connectivity index (χ0) is 19.1. The smallest absolute Gasteiger partial charge is 0.353 e. The molecule has 2 heterocycles. The number of anilines is 1. The Morgan fingerprint density at radius 2 is 1.93 bits per heavy atom. The van der Waals surface area contributed by atoms with Gasteiger partial charge in [0.05, 0.1) is 15.1 Å². The van der Waals surface area contributed by atoms with Crippen LogP contribution in [-0.2, 0) is 0 Å². The van der Waals surface area contributed by atoms with Gasteiger partial charge in [-0.05, 0) is 24.3 Å². The van der Waals surface area contributed by atoms with Crippen LogP contribution in [0, 0.1) is 10.1 Å². The maximum absolute atomic E-state index is 12.5. The van der Waals surface area contributed by atoms with Crippen LogP contribution in [0.5, 0.6) is 5.75 Å². The van der Waals surface area contributed by atoms with E-state index < -0.39 is 10.9 Å². The fourth-order valence-electron chi connectivity index (χ4n) is 2.55. The van der Waals surface area contributed by atoms with Gasteiger partial charge in [-0.2, -0.15) is 0 Å². The second kappa shape index (κ2) is 6.60. The maximum atomic E-state index is 12.5. The minimum atomic E-state index is -0.490. The molecule has 4 aromatic rings. The topological polar surface area (TPSA) is 85.6 Å². The average molecular weight is 399 g/mol. The van der Waals surface area contributed by atoms with Gasteiger partial charge in [-0.25, -0.2) is 9.78 Å². The number of rotatable bonds is 4. The lowest BCUT2D eigenvalue weighted by Crippen LogP contribution is -2.07. The lowest BCUT2D eigenvalue weighted by molar-refractivity contribution is -0.384. The van der Waals surface area contributed by atoms with E-state index in [0.717, 1.165) is 20.0 Å². The van der Waals surface area contributed by atoms with Gasteiger partial charge in [0.25, 0.3) is 5.69 Å². The van der Waals surface area contributed by atoms with Crippen LogP contribution >= 0.6 is 22.7 Å². The van der Waals surface area contributed by atoms with E-state index in [1.165, 1.54) is 34.8 Å². The molecule has 7 nitrogen and oxygen atoms in total. The van der Waals surface area contributed by atoms with E-state index in [9.17, 15) is 14.9 Å². The summed E-state index contributed by atoms with van der Waals surface area (Å²) in [6, 6.07) is 11.4. The van der Waals surface area contributed by atoms with Crippen LogP contribution in [0.15, 0.2) is 42.5 Å². The Morgan fingerprint density at radius 1 is 1.11 bits per heavy atom. The average Bonchev–Trinajstić information content (AvgIpc) is 3.24. The summed E-state index contributed by atoms with van der Waals surface area (Å²) in [5.74, 6) is -0.0551. The summed E-state index contributed by atoms with van der Waals surface area (Å²) in [7, 11) is 3.84. The first-order chi connectivity index (χ1) is 12.9. The molecule has 0 bridgehead atoms. The minimum Gasteiger partial charge on any atom is -0.422 e. The number of carbonyl (C=O) groups excluding carboxylic acids is 1. The van der Waals surface area contributed by atoms with E-state index in [-0.39, 0.29) is 5.69 Å². The molecule has 0 unspecified atom stereocenters. The molecule has 2 aromatic carbocycles. The van der Waals surface area contributed by atoms with Crippen molar-refractivity contribution in [3.63, 3.8) is 0 Å². The first-order valence-electron chi connectivity index (χ1n) is 7.89. The van der Waals surface area contributed by atoms with Gasteiger partial charge in [0.1, 0.15) is 10.6 Å². The number of nitro benzene ring substituents is 1. The number of nitrogens with zero attached hydrogens (tertiary/aromatic N) is 3. The van der Waals surface area contributed by atoms with Crippen molar-refractivity contribution in [3.05, 3.63) is 57.5 Å². The van der Waals surface area contributed by atoms with Crippen molar-refractivity contribution in [2.24, 2.45) is 0 Å². The minimum absolute atomic E-state index is 0.00689. The lowest BCUT2D eigenvalue weighted by atomic mass is 10.2. The predicted molar refractivity (Wildman–Crippen MR) is 107 cm³/mol. The van der Waals surface area contributed by atoms with Gasteiger partial charge in [0.2, 0.25) is 0 Å². The molecule has 0 saturated carbocycles. The van der Waals surface area contributed by atoms with Gasteiger partial charge in [-0.15, -0.1) is 11.3 Å². The molecular weight excluding hydrogens is 386 g/mol. The van der Waals surface area contributed by atoms with Crippen LogP contribution in [0.4, 0.5) is 10.8 Å². The molecule has 9 heteroatoms. The SMILES string of the molecule is CN(C)c1nc2ccc(OC(=O)c3cc4cc([N+](=O)[O-])ccc4s3)cc2s1. The van der Waals surface area contributed by atoms with Gasteiger partial charge in [0.15, 0.2) is 5.13 Å². The number of thiophene rings is 1. The summed E-state index contributed by atoms with van der Waals surface area (Å²) in [5.41, 5.74) is 0.838. The quantitative estimate of drug-likeness (QED) is 0.214. The second-order valence-electron chi connectivity index (χ2n) is 6.00. The molecule has 4 rings (SSSR count). The largest absolute Gasteiger partial charge is 0.422 e. The summed E-state index contributed by atoms with van der Waals surface area (Å²) >= 11 is 2.76. The lowest BCUT2D eigenvalue weighted by Gasteiger charge is -2.04. The Labute approximate surface area is 161 Å². The molecule has 136 valence electrons. The predicted octanol–water partition coefficient (Wildman–Crippen LogP) is 4.70. The van der Waals surface area contributed by atoms with E-state index >= 15 is 0 Å². The standard InChI is InChI=1S/C18H13N3O4S2/c1-20(2)18-19-13-5-4-12(9-15(13)27-18)25-17(22)16-8-10-7-11(21(23)24)3-6-14(10)26-16/h3-9H,1-2H3. The number of esters is 1. The molecule has 2 aromatic heterocycles. The third-order valence-corrected chi connectivity index (χ3v) is 6.14. The number of non-ortho nitro benzene ring substituents is 1. The van der Waals surface area contributed by atoms with Gasteiger partial charge < -0.3 is 9.64 Å². The zero-order valence-electron chi connectivity index (χ0n) is 14.3. The van der Waals surface area contributed by atoms with Gasteiger partial charge in [-0.1, -0.05) is 11.3 Å². The number of carbonyl (C=O) groups is 1. The van der Waals surface area contributed by atoms with E-state index in [1.54, 1.807) is 24.3 Å². The second-order valence-corrected chi connectivity index (χ2v) is 8.09. The fourth-order valence-corrected chi connectivity index (χ4v) is 4.39. The highest BCUT2D eigenvalue weighted by Crippen LogP contribution is 2.32. The van der Waals surface area contributed by atoms with Crippen LogP contribution in [0.25, 0.3) is 20.3 Å². The number of thiazole rings is 1. The molecule has 0 N–H and O–H groups in total. The third kappa shape index (κ3) is 3.34. The van der Waals surface area contributed by atoms with Crippen LogP contribution < -0.4 is 9.64 Å². The normalized spacial score (nSPS) is 11.0. The molecule has 27 heavy (non-hydrogen) atoms. The molecule has 0 saturated heterocycles. The van der Waals surface area contributed by atoms with E-state index in [2.05, 4.69) is 4.98 Å². The molecule has 0 amide bonds. The molecule has 0 aliphatic carbocycles. The van der Waals surface area contributed by atoms with Gasteiger partial charge in [-0.3, -0.25) is 10.1 Å². The van der Waals surface area contributed by atoms with Crippen molar-refractivity contribution < 1.29 is 14.5 Å². The molecule has 0 radical (unpaired) electrons. The summed E-state index contributed by atoms with van der Waals surface area (Å²) in [6.45, 7) is 0. The number of hydrogen-bond acceptors (Lipinski definition) is 8. The van der Waals surface area contributed by atoms with Gasteiger partial charge in [0, 0.05) is 42.4 Å². The van der Waals surface area contributed by atoms with Crippen molar-refractivity contribution >= 4 is 59.8 Å². The highest BCUT2D eigenvalue weighted by molar-refractivity contribution is 7.22. The number of fused-ring (bicyclic) bond motifs is 2. The number of aromatic nitrogens is 1. The van der Waals surface area contributed by atoms with Crippen molar-refractivity contribution in [3.8, 4) is 5.75 Å². The van der Waals surface area contributed by atoms with Crippen molar-refractivity contribution in [1.82, 2.24) is 4.98 Å². The first-order valence-corrected chi connectivity index (χ1v) is 9.52. The number of ether oxygens (including phenoxy) is 1. The Kier molecular flexibility index (Phi) is 4.25. The molecule has 0 fully saturated rings. The number of hydrogen-bond donors (Lipinski definition) is 0. The van der Waals surface area contributed by atoms with Crippen molar-refractivity contribution in [2.75, 3.05) is 19.0 Å². The molecule has 0 atom stereocenters. The van der Waals surface area contributed by atoms with Crippen molar-refractivity contribution in [2.45, 2.75) is 0 Å². The third-order valence-electron chi connectivity index (χ3n) is 3.85. The van der Waals surface area contributed by atoms with E-state index in [4.69, 9.17) is 4.74 Å². The molecule has 0 aliphatic rings. The molecular formula is C18H13N3O4S2. The van der Waals surface area contributed by atoms with Gasteiger partial charge >= 0.3 is 5.97 Å². The zero-order valence-corrected chi connectivity index (χ0v) is 16.0. The fraction of sp³-hybridized carbons (Fsp3) is 0.111. The summed E-state index contributed by atoms with van der Waals surface area (Å²) in [6.07, 6.45) is 0. The van der Waals surface area contributed by atoms with E-state index in [0.29, 0.717) is 16.0 Å². The Balaban J connectivity index is 1.60.